The van der Waals surface area contributed by atoms with Crippen LogP contribution in [0, 0.1) is 5.82 Å². The third kappa shape index (κ3) is 3.96. The van der Waals surface area contributed by atoms with Gasteiger partial charge in [-0.2, -0.15) is 0 Å². The van der Waals surface area contributed by atoms with E-state index in [1.54, 1.807) is 11.8 Å². The fraction of sp³-hybridized carbons (Fsp3) is 0.133. The number of ether oxygens (including phenoxy) is 1. The van der Waals surface area contributed by atoms with E-state index in [9.17, 15) is 9.18 Å². The highest BCUT2D eigenvalue weighted by Gasteiger charge is 2.09. The zero-order chi connectivity index (χ0) is 15.2. The molecule has 2 rings (SSSR count). The van der Waals surface area contributed by atoms with Gasteiger partial charge in [0.1, 0.15) is 18.2 Å². The lowest BCUT2D eigenvalue weighted by molar-refractivity contribution is 0.0953. The Labute approximate surface area is 126 Å². The molecule has 110 valence electrons. The van der Waals surface area contributed by atoms with Gasteiger partial charge in [0.2, 0.25) is 0 Å². The number of nitrogen functional groups attached to an aromatic ring is 1. The van der Waals surface area contributed by atoms with Gasteiger partial charge in [-0.05, 0) is 48.7 Å². The Morgan fingerprint density at radius 3 is 2.62 bits per heavy atom. The van der Waals surface area contributed by atoms with E-state index in [2.05, 4.69) is 0 Å². The van der Waals surface area contributed by atoms with Crippen LogP contribution in [-0.2, 0) is 6.61 Å². The highest BCUT2D eigenvalue weighted by molar-refractivity contribution is 7.98. The summed E-state index contributed by atoms with van der Waals surface area (Å²) in [5.74, 6) is 4.80. The van der Waals surface area contributed by atoms with Crippen LogP contribution >= 0.6 is 11.8 Å². The normalized spacial score (nSPS) is 10.2. The van der Waals surface area contributed by atoms with Gasteiger partial charge in [-0.3, -0.25) is 10.2 Å². The number of halogens is 1. The number of rotatable bonds is 5. The fourth-order valence-corrected chi connectivity index (χ4v) is 2.15. The number of carbonyl (C=O) groups excluding carboxylic acids is 1. The largest absolute Gasteiger partial charge is 0.489 e. The van der Waals surface area contributed by atoms with Crippen LogP contribution in [0.25, 0.3) is 0 Å². The Morgan fingerprint density at radius 2 is 2.00 bits per heavy atom. The van der Waals surface area contributed by atoms with E-state index < -0.39 is 11.7 Å². The lowest BCUT2D eigenvalue weighted by Crippen LogP contribution is -2.30. The molecule has 21 heavy (non-hydrogen) atoms. The summed E-state index contributed by atoms with van der Waals surface area (Å²) in [5, 5.41) is 0. The number of hydrogen-bond donors (Lipinski definition) is 2. The average molecular weight is 306 g/mol. The maximum atomic E-state index is 13.7. The highest BCUT2D eigenvalue weighted by Crippen LogP contribution is 2.20. The maximum Gasteiger partial charge on any atom is 0.265 e. The molecule has 0 aliphatic rings. The number of amides is 1. The summed E-state index contributed by atoms with van der Waals surface area (Å²) in [6, 6.07) is 11.5. The number of thioether (sulfide) groups is 1. The number of nitrogens with two attached hydrogens (primary N) is 1. The second kappa shape index (κ2) is 7.10. The summed E-state index contributed by atoms with van der Waals surface area (Å²) in [5.41, 5.74) is 2.59. The highest BCUT2D eigenvalue weighted by atomic mass is 32.2. The Bertz CT molecular complexity index is 632. The molecule has 2 aromatic rings. The van der Waals surface area contributed by atoms with Gasteiger partial charge in [-0.25, -0.2) is 10.2 Å². The van der Waals surface area contributed by atoms with E-state index >= 15 is 0 Å². The standard InChI is InChI=1S/C15H15FN2O2S/c1-21-13-5-3-12(4-6-13)20-9-11-8-10(15(19)18-17)2-7-14(11)16/h2-8H,9,17H2,1H3,(H,18,19). The van der Waals surface area contributed by atoms with E-state index in [1.165, 1.54) is 18.2 Å². The molecular formula is C15H15FN2O2S. The van der Waals surface area contributed by atoms with Crippen molar-refractivity contribution in [2.75, 3.05) is 6.26 Å². The first-order valence-electron chi connectivity index (χ1n) is 6.20. The Hall–Kier alpha value is -2.05. The predicted octanol–water partition coefficient (Wildman–Crippen LogP) is 2.73. The van der Waals surface area contributed by atoms with Gasteiger partial charge in [0.05, 0.1) is 0 Å². The molecule has 3 N–H and O–H groups in total. The zero-order valence-electron chi connectivity index (χ0n) is 11.4. The third-order valence-electron chi connectivity index (χ3n) is 2.89. The maximum absolute atomic E-state index is 13.7. The monoisotopic (exact) mass is 306 g/mol. The van der Waals surface area contributed by atoms with Crippen molar-refractivity contribution in [1.82, 2.24) is 5.43 Å². The minimum absolute atomic E-state index is 0.0378. The van der Waals surface area contributed by atoms with Gasteiger partial charge in [-0.15, -0.1) is 11.8 Å². The Balaban J connectivity index is 2.09. The molecule has 0 aliphatic heterocycles. The first-order chi connectivity index (χ1) is 10.1. The van der Waals surface area contributed by atoms with Crippen LogP contribution in [0.2, 0.25) is 0 Å². The SMILES string of the molecule is CSc1ccc(OCc2cc(C(=O)NN)ccc2F)cc1. The summed E-state index contributed by atoms with van der Waals surface area (Å²) in [4.78, 5) is 12.5. The van der Waals surface area contributed by atoms with Crippen LogP contribution in [0.15, 0.2) is 47.4 Å². The van der Waals surface area contributed by atoms with Gasteiger partial charge < -0.3 is 4.74 Å². The molecule has 0 bridgehead atoms. The topological polar surface area (TPSA) is 64.3 Å². The first kappa shape index (κ1) is 15.3. The van der Waals surface area contributed by atoms with Crippen molar-refractivity contribution >= 4 is 17.7 Å². The summed E-state index contributed by atoms with van der Waals surface area (Å²) >= 11 is 1.63. The molecule has 0 fully saturated rings. The molecule has 0 unspecified atom stereocenters. The van der Waals surface area contributed by atoms with Crippen LogP contribution in [-0.4, -0.2) is 12.2 Å². The second-order valence-electron chi connectivity index (χ2n) is 4.24. The molecule has 2 aromatic carbocycles. The van der Waals surface area contributed by atoms with E-state index in [1.807, 2.05) is 35.9 Å². The zero-order valence-corrected chi connectivity index (χ0v) is 12.2. The number of carbonyl (C=O) groups is 1. The molecule has 0 radical (unpaired) electrons. The fourth-order valence-electron chi connectivity index (χ4n) is 1.74. The summed E-state index contributed by atoms with van der Waals surface area (Å²) in [7, 11) is 0. The van der Waals surface area contributed by atoms with Crippen molar-refractivity contribution in [2.45, 2.75) is 11.5 Å². The van der Waals surface area contributed by atoms with Crippen molar-refractivity contribution in [3.63, 3.8) is 0 Å². The van der Waals surface area contributed by atoms with Gasteiger partial charge >= 0.3 is 0 Å². The summed E-state index contributed by atoms with van der Waals surface area (Å²) in [6.07, 6.45) is 1.99. The average Bonchev–Trinajstić information content (AvgIpc) is 2.53. The third-order valence-corrected chi connectivity index (χ3v) is 3.64. The molecular weight excluding hydrogens is 291 g/mol. The molecule has 6 heteroatoms. The van der Waals surface area contributed by atoms with Crippen molar-refractivity contribution in [1.29, 1.82) is 0 Å². The van der Waals surface area contributed by atoms with Crippen molar-refractivity contribution < 1.29 is 13.9 Å². The van der Waals surface area contributed by atoms with Gasteiger partial charge in [0.25, 0.3) is 5.91 Å². The Kier molecular flexibility index (Phi) is 5.19. The molecule has 1 amide bonds. The van der Waals surface area contributed by atoms with Crippen LogP contribution in [0.5, 0.6) is 5.75 Å². The van der Waals surface area contributed by atoms with Crippen LogP contribution in [0.4, 0.5) is 4.39 Å². The first-order valence-corrected chi connectivity index (χ1v) is 7.42. The number of benzene rings is 2. The lowest BCUT2D eigenvalue weighted by Gasteiger charge is -2.09. The summed E-state index contributed by atoms with van der Waals surface area (Å²) in [6.45, 7) is 0.0378. The number of nitrogens with one attached hydrogen (secondary N) is 1. The molecule has 0 aliphatic carbocycles. The minimum Gasteiger partial charge on any atom is -0.489 e. The van der Waals surface area contributed by atoms with Crippen LogP contribution in [0.3, 0.4) is 0 Å². The molecule has 4 nitrogen and oxygen atoms in total. The van der Waals surface area contributed by atoms with Gasteiger partial charge in [0.15, 0.2) is 0 Å². The molecule has 0 saturated carbocycles. The van der Waals surface area contributed by atoms with Gasteiger partial charge in [-0.1, -0.05) is 0 Å². The van der Waals surface area contributed by atoms with Crippen LogP contribution < -0.4 is 16.0 Å². The van der Waals surface area contributed by atoms with E-state index in [0.29, 0.717) is 11.3 Å². The summed E-state index contributed by atoms with van der Waals surface area (Å²) < 4.78 is 19.2. The molecule has 0 spiro atoms. The van der Waals surface area contributed by atoms with E-state index in [-0.39, 0.29) is 12.2 Å². The minimum atomic E-state index is -0.472. The van der Waals surface area contributed by atoms with Crippen LogP contribution in [0.1, 0.15) is 15.9 Å². The van der Waals surface area contributed by atoms with Crippen molar-refractivity contribution in [3.05, 3.63) is 59.4 Å². The van der Waals surface area contributed by atoms with Crippen molar-refractivity contribution in [2.24, 2.45) is 5.84 Å². The van der Waals surface area contributed by atoms with Gasteiger partial charge in [0, 0.05) is 16.0 Å². The molecule has 0 atom stereocenters. The van der Waals surface area contributed by atoms with E-state index in [4.69, 9.17) is 10.6 Å². The number of hydrogen-bond acceptors (Lipinski definition) is 4. The smallest absolute Gasteiger partial charge is 0.265 e. The predicted molar refractivity (Wildman–Crippen MR) is 80.6 cm³/mol. The van der Waals surface area contributed by atoms with Crippen molar-refractivity contribution in [3.8, 4) is 5.75 Å². The molecule has 0 aromatic heterocycles. The lowest BCUT2D eigenvalue weighted by atomic mass is 10.1. The molecule has 0 saturated heterocycles. The number of hydrazine groups is 1. The molecule has 0 heterocycles. The Morgan fingerprint density at radius 1 is 1.29 bits per heavy atom. The van der Waals surface area contributed by atoms with E-state index in [0.717, 1.165) is 4.90 Å². The quantitative estimate of drug-likeness (QED) is 0.386. The second-order valence-corrected chi connectivity index (χ2v) is 5.12.